The highest BCUT2D eigenvalue weighted by Gasteiger charge is 2.40. The summed E-state index contributed by atoms with van der Waals surface area (Å²) in [5.41, 5.74) is 1.74. The van der Waals surface area contributed by atoms with Crippen LogP contribution in [-0.2, 0) is 16.0 Å². The van der Waals surface area contributed by atoms with Gasteiger partial charge in [0.15, 0.2) is 0 Å². The van der Waals surface area contributed by atoms with E-state index in [1.54, 1.807) is 60.7 Å². The molecular weight excluding hydrogens is 477 g/mol. The largest absolute Gasteiger partial charge is 0.320 e. The number of rotatable bonds is 5. The average Bonchev–Trinajstić information content (AvgIpc) is 3.13. The molecular formula is C25H17Cl2N3O2S. The molecule has 0 spiro atoms. The van der Waals surface area contributed by atoms with E-state index < -0.39 is 11.2 Å². The van der Waals surface area contributed by atoms with E-state index in [1.807, 2.05) is 24.3 Å². The van der Waals surface area contributed by atoms with Crippen molar-refractivity contribution in [2.24, 2.45) is 0 Å². The minimum Gasteiger partial charge on any atom is -0.320 e. The molecule has 0 aromatic heterocycles. The van der Waals surface area contributed by atoms with Crippen molar-refractivity contribution in [2.75, 3.05) is 10.2 Å². The Bertz CT molecular complexity index is 1270. The molecule has 4 rings (SSSR count). The third-order valence-electron chi connectivity index (χ3n) is 4.98. The number of nitriles is 1. The fourth-order valence-corrected chi connectivity index (χ4v) is 5.00. The van der Waals surface area contributed by atoms with Gasteiger partial charge in [-0.2, -0.15) is 5.26 Å². The van der Waals surface area contributed by atoms with Crippen molar-refractivity contribution >= 4 is 58.2 Å². The van der Waals surface area contributed by atoms with Crippen LogP contribution in [0, 0.1) is 11.3 Å². The van der Waals surface area contributed by atoms with Crippen molar-refractivity contribution in [2.45, 2.75) is 11.7 Å². The zero-order valence-electron chi connectivity index (χ0n) is 17.2. The molecule has 8 heteroatoms. The second kappa shape index (κ2) is 10.1. The number of nitrogens with zero attached hydrogens (tertiary/aromatic N) is 2. The highest BCUT2D eigenvalue weighted by atomic mass is 35.5. The van der Waals surface area contributed by atoms with Gasteiger partial charge in [-0.25, -0.2) is 0 Å². The maximum atomic E-state index is 13.4. The molecule has 5 nitrogen and oxygen atoms in total. The van der Waals surface area contributed by atoms with Gasteiger partial charge in [-0.3, -0.25) is 14.5 Å². The number of carbonyl (C=O) groups is 2. The number of hydrogen-bond acceptors (Lipinski definition) is 4. The van der Waals surface area contributed by atoms with Gasteiger partial charge in [0.1, 0.15) is 16.7 Å². The average molecular weight is 494 g/mol. The summed E-state index contributed by atoms with van der Waals surface area (Å²) < 4.78 is 0. The van der Waals surface area contributed by atoms with Crippen LogP contribution >= 0.6 is 35.0 Å². The summed E-state index contributed by atoms with van der Waals surface area (Å²) in [5.74, 6) is -0.830. The highest BCUT2D eigenvalue weighted by molar-refractivity contribution is 8.05. The number of thioether (sulfide) groups is 1. The normalized spacial score (nSPS) is 16.9. The number of nitrogens with one attached hydrogen (secondary N) is 1. The summed E-state index contributed by atoms with van der Waals surface area (Å²) in [6, 6.07) is 25.0. The van der Waals surface area contributed by atoms with Gasteiger partial charge in [-0.1, -0.05) is 77.4 Å². The van der Waals surface area contributed by atoms with Crippen LogP contribution in [0.4, 0.5) is 11.4 Å². The Hall–Kier alpha value is -3.24. The minimum atomic E-state index is -0.631. The molecule has 0 radical (unpaired) electrons. The van der Waals surface area contributed by atoms with E-state index in [2.05, 4.69) is 5.32 Å². The number of benzene rings is 3. The number of para-hydroxylation sites is 2. The first-order chi connectivity index (χ1) is 16.0. The molecule has 164 valence electrons. The molecule has 3 aromatic carbocycles. The zero-order valence-corrected chi connectivity index (χ0v) is 19.5. The molecule has 2 amide bonds. The summed E-state index contributed by atoms with van der Waals surface area (Å²) in [7, 11) is 0. The lowest BCUT2D eigenvalue weighted by atomic mass is 10.1. The molecule has 1 fully saturated rings. The first-order valence-electron chi connectivity index (χ1n) is 9.98. The molecule has 0 bridgehead atoms. The van der Waals surface area contributed by atoms with Gasteiger partial charge in [-0.15, -0.1) is 0 Å². The smallest absolute Gasteiger partial charge is 0.269 e. The topological polar surface area (TPSA) is 73.2 Å². The first kappa shape index (κ1) is 22.9. The molecule has 0 aliphatic carbocycles. The Morgan fingerprint density at radius 3 is 2.33 bits per heavy atom. The highest BCUT2D eigenvalue weighted by Crippen LogP contribution is 2.42. The summed E-state index contributed by atoms with van der Waals surface area (Å²) in [6.07, 6.45) is 0.429. The lowest BCUT2D eigenvalue weighted by Gasteiger charge is -2.18. The van der Waals surface area contributed by atoms with Crippen molar-refractivity contribution in [3.05, 3.63) is 105 Å². The Morgan fingerprint density at radius 2 is 1.67 bits per heavy atom. The number of halogens is 2. The number of amides is 2. The monoisotopic (exact) mass is 493 g/mol. The van der Waals surface area contributed by atoms with Crippen molar-refractivity contribution < 1.29 is 9.59 Å². The van der Waals surface area contributed by atoms with E-state index in [0.29, 0.717) is 27.8 Å². The first-order valence-corrected chi connectivity index (χ1v) is 11.6. The molecule has 1 saturated heterocycles. The van der Waals surface area contributed by atoms with E-state index in [4.69, 9.17) is 23.2 Å². The number of anilines is 2. The van der Waals surface area contributed by atoms with Gasteiger partial charge in [0, 0.05) is 10.7 Å². The summed E-state index contributed by atoms with van der Waals surface area (Å²) in [4.78, 5) is 27.9. The van der Waals surface area contributed by atoms with E-state index in [-0.39, 0.29) is 16.5 Å². The molecule has 33 heavy (non-hydrogen) atoms. The van der Waals surface area contributed by atoms with Crippen LogP contribution in [0.5, 0.6) is 0 Å². The summed E-state index contributed by atoms with van der Waals surface area (Å²) in [6.45, 7) is 0. The summed E-state index contributed by atoms with van der Waals surface area (Å²) >= 11 is 13.3. The minimum absolute atomic E-state index is 0.157. The van der Waals surface area contributed by atoms with E-state index in [9.17, 15) is 14.9 Å². The van der Waals surface area contributed by atoms with Crippen LogP contribution in [-0.4, -0.2) is 17.1 Å². The van der Waals surface area contributed by atoms with Crippen LogP contribution in [0.15, 0.2) is 89.5 Å². The molecule has 1 N–H and O–H groups in total. The molecule has 3 aromatic rings. The van der Waals surface area contributed by atoms with E-state index >= 15 is 0 Å². The van der Waals surface area contributed by atoms with Gasteiger partial charge in [0.25, 0.3) is 5.91 Å². The molecule has 0 saturated carbocycles. The quantitative estimate of drug-likeness (QED) is 0.346. The molecule has 1 heterocycles. The van der Waals surface area contributed by atoms with Crippen LogP contribution in [0.2, 0.25) is 10.0 Å². The standard InChI is InChI=1S/C25H17Cl2N3O2S/c26-17-12-10-16(11-13-17)14-22-24(32)30(18-6-2-1-3-7-18)25(33-22)19(15-28)23(31)29-21-9-5-4-8-20(21)27/h1-13,22H,14H2,(H,29,31)/b25-19+/t22-/m1/s1. The fourth-order valence-electron chi connectivity index (χ4n) is 3.38. The van der Waals surface area contributed by atoms with Crippen molar-refractivity contribution in [1.29, 1.82) is 5.26 Å². The van der Waals surface area contributed by atoms with Gasteiger partial charge >= 0.3 is 0 Å². The summed E-state index contributed by atoms with van der Waals surface area (Å²) in [5, 5.41) is 13.3. The second-order valence-electron chi connectivity index (χ2n) is 7.17. The Kier molecular flexibility index (Phi) is 7.05. The molecule has 0 unspecified atom stereocenters. The van der Waals surface area contributed by atoms with Crippen molar-refractivity contribution in [3.8, 4) is 6.07 Å². The number of hydrogen-bond donors (Lipinski definition) is 1. The lowest BCUT2D eigenvalue weighted by Crippen LogP contribution is -2.30. The Labute approximate surface area is 205 Å². The Morgan fingerprint density at radius 1 is 1.00 bits per heavy atom. The predicted octanol–water partition coefficient (Wildman–Crippen LogP) is 6.06. The van der Waals surface area contributed by atoms with Crippen LogP contribution < -0.4 is 10.2 Å². The lowest BCUT2D eigenvalue weighted by molar-refractivity contribution is -0.117. The third kappa shape index (κ3) is 5.07. The number of carbonyl (C=O) groups excluding carboxylic acids is 2. The van der Waals surface area contributed by atoms with Gasteiger partial charge < -0.3 is 5.32 Å². The maximum absolute atomic E-state index is 13.4. The molecule has 1 aliphatic rings. The van der Waals surface area contributed by atoms with Crippen LogP contribution in [0.3, 0.4) is 0 Å². The molecule has 1 aliphatic heterocycles. The van der Waals surface area contributed by atoms with E-state index in [0.717, 1.165) is 5.56 Å². The van der Waals surface area contributed by atoms with Gasteiger partial charge in [0.05, 0.1) is 16.0 Å². The second-order valence-corrected chi connectivity index (χ2v) is 9.21. The van der Waals surface area contributed by atoms with E-state index in [1.165, 1.54) is 16.7 Å². The zero-order chi connectivity index (χ0) is 23.4. The molecule has 1 atom stereocenters. The third-order valence-corrected chi connectivity index (χ3v) is 6.82. The van der Waals surface area contributed by atoms with Gasteiger partial charge in [-0.05, 0) is 48.4 Å². The van der Waals surface area contributed by atoms with Crippen LogP contribution in [0.25, 0.3) is 0 Å². The van der Waals surface area contributed by atoms with Crippen molar-refractivity contribution in [1.82, 2.24) is 0 Å². The van der Waals surface area contributed by atoms with Crippen molar-refractivity contribution in [3.63, 3.8) is 0 Å². The predicted molar refractivity (Wildman–Crippen MR) is 133 cm³/mol. The SMILES string of the molecule is N#C/C(C(=O)Nc1ccccc1Cl)=C1\S[C@H](Cc2ccc(Cl)cc2)C(=O)N1c1ccccc1. The maximum Gasteiger partial charge on any atom is 0.269 e. The fraction of sp³-hybridized carbons (Fsp3) is 0.0800. The van der Waals surface area contributed by atoms with Gasteiger partial charge in [0.2, 0.25) is 5.91 Å². The Balaban J connectivity index is 1.72. The van der Waals surface area contributed by atoms with Crippen LogP contribution in [0.1, 0.15) is 5.56 Å².